The van der Waals surface area contributed by atoms with Crippen LogP contribution >= 0.6 is 0 Å². The normalized spacial score (nSPS) is 14.4. The number of aromatic nitrogens is 4. The molecule has 2 aromatic rings. The SMILES string of the molecule is CCNC(Cc1ccn(C(C)CC)n1)c1cnn(C)c1. The van der Waals surface area contributed by atoms with E-state index in [0.717, 1.165) is 25.1 Å². The van der Waals surface area contributed by atoms with Gasteiger partial charge in [0.05, 0.1) is 11.9 Å². The van der Waals surface area contributed by atoms with E-state index in [4.69, 9.17) is 0 Å². The molecule has 2 rings (SSSR count). The summed E-state index contributed by atoms with van der Waals surface area (Å²) in [6.07, 6.45) is 8.07. The van der Waals surface area contributed by atoms with Crippen molar-refractivity contribution in [1.82, 2.24) is 24.9 Å². The van der Waals surface area contributed by atoms with Gasteiger partial charge in [0.25, 0.3) is 0 Å². The van der Waals surface area contributed by atoms with Gasteiger partial charge in [-0.1, -0.05) is 13.8 Å². The van der Waals surface area contributed by atoms with Gasteiger partial charge in [-0.25, -0.2) is 0 Å². The molecule has 0 saturated carbocycles. The Morgan fingerprint density at radius 3 is 2.75 bits per heavy atom. The first-order valence-electron chi connectivity index (χ1n) is 7.40. The molecule has 0 saturated heterocycles. The molecule has 0 aromatic carbocycles. The smallest absolute Gasteiger partial charge is 0.0643 e. The summed E-state index contributed by atoms with van der Waals surface area (Å²) in [5.74, 6) is 0. The summed E-state index contributed by atoms with van der Waals surface area (Å²) >= 11 is 0. The van der Waals surface area contributed by atoms with Gasteiger partial charge in [0.2, 0.25) is 0 Å². The molecule has 2 aromatic heterocycles. The molecular formula is C15H25N5. The highest BCUT2D eigenvalue weighted by Gasteiger charge is 2.15. The van der Waals surface area contributed by atoms with Gasteiger partial charge in [-0.05, 0) is 26.0 Å². The van der Waals surface area contributed by atoms with Gasteiger partial charge in [-0.3, -0.25) is 9.36 Å². The first-order chi connectivity index (χ1) is 9.63. The van der Waals surface area contributed by atoms with Gasteiger partial charge in [-0.15, -0.1) is 0 Å². The molecule has 0 bridgehead atoms. The highest BCUT2D eigenvalue weighted by atomic mass is 15.3. The summed E-state index contributed by atoms with van der Waals surface area (Å²) in [6, 6.07) is 2.85. The lowest BCUT2D eigenvalue weighted by molar-refractivity contribution is 0.467. The fourth-order valence-corrected chi connectivity index (χ4v) is 2.30. The summed E-state index contributed by atoms with van der Waals surface area (Å²) in [5, 5.41) is 12.5. The highest BCUT2D eigenvalue weighted by Crippen LogP contribution is 2.18. The van der Waals surface area contributed by atoms with Crippen molar-refractivity contribution in [2.45, 2.75) is 45.7 Å². The van der Waals surface area contributed by atoms with Crippen LogP contribution in [0.15, 0.2) is 24.7 Å². The Balaban J connectivity index is 2.10. The van der Waals surface area contributed by atoms with Crippen LogP contribution in [0.4, 0.5) is 0 Å². The van der Waals surface area contributed by atoms with Crippen LogP contribution in [0.1, 0.15) is 50.5 Å². The maximum atomic E-state index is 4.68. The summed E-state index contributed by atoms with van der Waals surface area (Å²) in [5.41, 5.74) is 2.34. The maximum absolute atomic E-state index is 4.68. The Morgan fingerprint density at radius 2 is 2.15 bits per heavy atom. The average Bonchev–Trinajstić information content (AvgIpc) is 3.06. The van der Waals surface area contributed by atoms with Gasteiger partial charge in [0.1, 0.15) is 0 Å². The van der Waals surface area contributed by atoms with Gasteiger partial charge >= 0.3 is 0 Å². The molecule has 2 heterocycles. The van der Waals surface area contributed by atoms with Crippen molar-refractivity contribution in [2.24, 2.45) is 7.05 Å². The highest BCUT2D eigenvalue weighted by molar-refractivity contribution is 5.14. The zero-order valence-corrected chi connectivity index (χ0v) is 12.9. The van der Waals surface area contributed by atoms with Crippen molar-refractivity contribution in [2.75, 3.05) is 6.54 Å². The molecule has 2 atom stereocenters. The van der Waals surface area contributed by atoms with Crippen molar-refractivity contribution >= 4 is 0 Å². The van der Waals surface area contributed by atoms with Crippen LogP contribution in [0.25, 0.3) is 0 Å². The lowest BCUT2D eigenvalue weighted by atomic mass is 10.1. The molecule has 110 valence electrons. The second kappa shape index (κ2) is 6.70. The van der Waals surface area contributed by atoms with Crippen LogP contribution in [-0.2, 0) is 13.5 Å². The van der Waals surface area contributed by atoms with E-state index in [-0.39, 0.29) is 6.04 Å². The summed E-state index contributed by atoms with van der Waals surface area (Å²) in [6.45, 7) is 7.44. The van der Waals surface area contributed by atoms with Crippen molar-refractivity contribution < 1.29 is 0 Å². The van der Waals surface area contributed by atoms with Crippen LogP contribution in [0.2, 0.25) is 0 Å². The Kier molecular flexibility index (Phi) is 4.95. The van der Waals surface area contributed by atoms with Gasteiger partial charge in [-0.2, -0.15) is 10.2 Å². The van der Waals surface area contributed by atoms with Crippen molar-refractivity contribution in [1.29, 1.82) is 0 Å². The van der Waals surface area contributed by atoms with Gasteiger partial charge in [0.15, 0.2) is 0 Å². The lowest BCUT2D eigenvalue weighted by Gasteiger charge is -2.15. The monoisotopic (exact) mass is 275 g/mol. The van der Waals surface area contributed by atoms with Crippen LogP contribution in [0.3, 0.4) is 0 Å². The fourth-order valence-electron chi connectivity index (χ4n) is 2.30. The molecule has 2 unspecified atom stereocenters. The molecule has 5 nitrogen and oxygen atoms in total. The Labute approximate surface area is 121 Å². The molecular weight excluding hydrogens is 250 g/mol. The second-order valence-electron chi connectivity index (χ2n) is 5.31. The van der Waals surface area contributed by atoms with Crippen LogP contribution in [0, 0.1) is 0 Å². The quantitative estimate of drug-likeness (QED) is 0.844. The average molecular weight is 275 g/mol. The van der Waals surface area contributed by atoms with E-state index in [1.807, 2.05) is 17.9 Å². The van der Waals surface area contributed by atoms with Crippen molar-refractivity contribution in [3.63, 3.8) is 0 Å². The third-order valence-electron chi connectivity index (χ3n) is 3.70. The fraction of sp³-hybridized carbons (Fsp3) is 0.600. The first-order valence-corrected chi connectivity index (χ1v) is 7.40. The Hall–Kier alpha value is -1.62. The molecule has 0 fully saturated rings. The van der Waals surface area contributed by atoms with E-state index < -0.39 is 0 Å². The summed E-state index contributed by atoms with van der Waals surface area (Å²) in [4.78, 5) is 0. The predicted octanol–water partition coefficient (Wildman–Crippen LogP) is 2.48. The van der Waals surface area contributed by atoms with E-state index in [1.165, 1.54) is 5.56 Å². The molecule has 0 aliphatic carbocycles. The molecule has 0 amide bonds. The summed E-state index contributed by atoms with van der Waals surface area (Å²) < 4.78 is 3.90. The van der Waals surface area contributed by atoms with E-state index in [1.54, 1.807) is 0 Å². The Bertz CT molecular complexity index is 528. The largest absolute Gasteiger partial charge is 0.310 e. The number of hydrogen-bond acceptors (Lipinski definition) is 3. The number of likely N-dealkylation sites (N-methyl/N-ethyl adjacent to an activating group) is 1. The number of rotatable bonds is 7. The van der Waals surface area contributed by atoms with E-state index in [0.29, 0.717) is 6.04 Å². The summed E-state index contributed by atoms with van der Waals surface area (Å²) in [7, 11) is 1.95. The van der Waals surface area contributed by atoms with E-state index >= 15 is 0 Å². The van der Waals surface area contributed by atoms with Gasteiger partial charge in [0, 0.05) is 43.5 Å². The molecule has 0 aliphatic heterocycles. The second-order valence-corrected chi connectivity index (χ2v) is 5.31. The molecule has 0 spiro atoms. The third kappa shape index (κ3) is 3.48. The molecule has 0 aliphatic rings. The standard InChI is InChI=1S/C15H25N5/c1-5-12(3)20-8-7-14(18-20)9-15(16-6-2)13-10-17-19(4)11-13/h7-8,10-12,15-16H,5-6,9H2,1-4H3. The van der Waals surface area contributed by atoms with Crippen LogP contribution in [-0.4, -0.2) is 26.1 Å². The van der Waals surface area contributed by atoms with Gasteiger partial charge < -0.3 is 5.32 Å². The lowest BCUT2D eigenvalue weighted by Crippen LogP contribution is -2.23. The third-order valence-corrected chi connectivity index (χ3v) is 3.70. The minimum atomic E-state index is 0.272. The number of nitrogens with zero attached hydrogens (tertiary/aromatic N) is 4. The molecule has 1 N–H and O–H groups in total. The molecule has 5 heteroatoms. The van der Waals surface area contributed by atoms with Crippen molar-refractivity contribution in [3.05, 3.63) is 35.9 Å². The first kappa shape index (κ1) is 14.8. The van der Waals surface area contributed by atoms with E-state index in [9.17, 15) is 0 Å². The number of aryl methyl sites for hydroxylation is 1. The topological polar surface area (TPSA) is 47.7 Å². The van der Waals surface area contributed by atoms with E-state index in [2.05, 4.69) is 59.4 Å². The Morgan fingerprint density at radius 1 is 1.35 bits per heavy atom. The number of hydrogen-bond donors (Lipinski definition) is 1. The molecule has 20 heavy (non-hydrogen) atoms. The van der Waals surface area contributed by atoms with Crippen LogP contribution < -0.4 is 5.32 Å². The zero-order chi connectivity index (χ0) is 14.5. The zero-order valence-electron chi connectivity index (χ0n) is 12.9. The minimum absolute atomic E-state index is 0.272. The van der Waals surface area contributed by atoms with Crippen molar-refractivity contribution in [3.8, 4) is 0 Å². The van der Waals surface area contributed by atoms with Crippen LogP contribution in [0.5, 0.6) is 0 Å². The predicted molar refractivity (Wildman–Crippen MR) is 80.6 cm³/mol. The minimum Gasteiger partial charge on any atom is -0.310 e. The number of nitrogens with one attached hydrogen (secondary N) is 1. The molecule has 0 radical (unpaired) electrons. The maximum Gasteiger partial charge on any atom is 0.0643 e.